The molecule has 0 radical (unpaired) electrons. The van der Waals surface area contributed by atoms with E-state index in [0.29, 0.717) is 43.6 Å². The summed E-state index contributed by atoms with van der Waals surface area (Å²) in [5.41, 5.74) is 1.51. The zero-order valence-corrected chi connectivity index (χ0v) is 17.5. The van der Waals surface area contributed by atoms with Crippen LogP contribution in [-0.4, -0.2) is 36.2 Å². The van der Waals surface area contributed by atoms with Gasteiger partial charge in [0.25, 0.3) is 0 Å². The number of hydrogen-bond donors (Lipinski definition) is 2. The number of nitriles is 1. The first kappa shape index (κ1) is 21.3. The Balaban J connectivity index is 1.44. The zero-order chi connectivity index (χ0) is 21.4. The fourth-order valence-electron chi connectivity index (χ4n) is 5.76. The van der Waals surface area contributed by atoms with Gasteiger partial charge in [0.1, 0.15) is 12.3 Å². The summed E-state index contributed by atoms with van der Waals surface area (Å²) in [5, 5.41) is 14.9. The largest absolute Gasteiger partial charge is 0.353 e. The molecule has 2 amide bonds. The lowest BCUT2D eigenvalue weighted by molar-refractivity contribution is -0.125. The van der Waals surface area contributed by atoms with E-state index in [1.54, 1.807) is 6.92 Å². The summed E-state index contributed by atoms with van der Waals surface area (Å²) in [6.07, 6.45) is 2.97. The van der Waals surface area contributed by atoms with Gasteiger partial charge >= 0.3 is 0 Å². The van der Waals surface area contributed by atoms with Crippen LogP contribution in [0, 0.1) is 35.0 Å². The summed E-state index contributed by atoms with van der Waals surface area (Å²) >= 11 is 0. The molecule has 0 aromatic rings. The molecule has 5 nitrogen and oxygen atoms in total. The quantitative estimate of drug-likeness (QED) is 0.716. The predicted octanol–water partition coefficient (Wildman–Crippen LogP) is 3.50. The molecule has 7 atom stereocenters. The molecule has 30 heavy (non-hydrogen) atoms. The van der Waals surface area contributed by atoms with Crippen molar-refractivity contribution in [1.29, 1.82) is 5.26 Å². The maximum Gasteiger partial charge on any atom is 0.247 e. The number of fused-ring (bicyclic) bond motifs is 1. The molecule has 3 fully saturated rings. The van der Waals surface area contributed by atoms with Gasteiger partial charge < -0.3 is 10.6 Å². The molecule has 164 valence electrons. The second-order valence-corrected chi connectivity index (χ2v) is 9.66. The van der Waals surface area contributed by atoms with Gasteiger partial charge in [-0.3, -0.25) is 9.59 Å². The second-order valence-electron chi connectivity index (χ2n) is 9.66. The highest BCUT2D eigenvalue weighted by Crippen LogP contribution is 2.48. The van der Waals surface area contributed by atoms with E-state index in [-0.39, 0.29) is 54.5 Å². The third kappa shape index (κ3) is 4.38. The van der Waals surface area contributed by atoms with Gasteiger partial charge in [0, 0.05) is 35.4 Å². The fraction of sp³-hybridized carbons (Fsp3) is 0.783. The van der Waals surface area contributed by atoms with Crippen LogP contribution in [0.3, 0.4) is 0 Å². The first-order valence-corrected chi connectivity index (χ1v) is 11.4. The highest BCUT2D eigenvalue weighted by Gasteiger charge is 2.45. The number of nitrogens with zero attached hydrogens (tertiary/aromatic N) is 1. The van der Waals surface area contributed by atoms with E-state index in [9.17, 15) is 18.4 Å². The minimum atomic E-state index is -1.11. The second kappa shape index (κ2) is 8.64. The Morgan fingerprint density at radius 2 is 1.97 bits per heavy atom. The Labute approximate surface area is 176 Å². The van der Waals surface area contributed by atoms with E-state index >= 15 is 0 Å². The van der Waals surface area contributed by atoms with Gasteiger partial charge in [0.15, 0.2) is 0 Å². The molecule has 3 saturated carbocycles. The van der Waals surface area contributed by atoms with Crippen molar-refractivity contribution in [2.24, 2.45) is 23.7 Å². The lowest BCUT2D eigenvalue weighted by atomic mass is 9.72. The summed E-state index contributed by atoms with van der Waals surface area (Å²) < 4.78 is 28.6. The molecule has 2 N–H and O–H groups in total. The maximum atomic E-state index is 14.5. The van der Waals surface area contributed by atoms with E-state index in [1.165, 1.54) is 0 Å². The zero-order valence-electron chi connectivity index (χ0n) is 17.5. The Hall–Kier alpha value is -1.97. The van der Waals surface area contributed by atoms with Crippen molar-refractivity contribution >= 4 is 11.8 Å². The van der Waals surface area contributed by atoms with E-state index in [1.807, 2.05) is 0 Å². The van der Waals surface area contributed by atoms with E-state index in [4.69, 9.17) is 5.26 Å². The highest BCUT2D eigenvalue weighted by atomic mass is 19.1. The minimum Gasteiger partial charge on any atom is -0.353 e. The van der Waals surface area contributed by atoms with Gasteiger partial charge in [-0.2, -0.15) is 5.26 Å². The van der Waals surface area contributed by atoms with Crippen molar-refractivity contribution in [1.82, 2.24) is 10.6 Å². The van der Waals surface area contributed by atoms with E-state index in [2.05, 4.69) is 16.7 Å². The van der Waals surface area contributed by atoms with Crippen LogP contribution in [0.2, 0.25) is 0 Å². The molecule has 0 aromatic heterocycles. The third-order valence-electron chi connectivity index (χ3n) is 7.52. The molecular formula is C23H31F2N3O2. The number of alkyl halides is 2. The lowest BCUT2D eigenvalue weighted by Crippen LogP contribution is -2.51. The third-order valence-corrected chi connectivity index (χ3v) is 7.52. The topological polar surface area (TPSA) is 82.0 Å². The van der Waals surface area contributed by atoms with Crippen LogP contribution in [0.5, 0.6) is 0 Å². The van der Waals surface area contributed by atoms with Crippen molar-refractivity contribution < 1.29 is 18.4 Å². The SMILES string of the molecule is C[C@@H](NC(=O)CC1=C(C2CC2)C2CC(F)CCC2NC1=O)C1CCC(C#N)CC1F. The van der Waals surface area contributed by atoms with Crippen molar-refractivity contribution in [3.8, 4) is 6.07 Å². The summed E-state index contributed by atoms with van der Waals surface area (Å²) in [4.78, 5) is 25.6. The molecule has 3 aliphatic carbocycles. The lowest BCUT2D eigenvalue weighted by Gasteiger charge is -2.40. The molecule has 0 aromatic carbocycles. The summed E-state index contributed by atoms with van der Waals surface area (Å²) in [6, 6.07) is 1.76. The van der Waals surface area contributed by atoms with Gasteiger partial charge in [-0.15, -0.1) is 0 Å². The summed E-state index contributed by atoms with van der Waals surface area (Å²) in [7, 11) is 0. The fourth-order valence-corrected chi connectivity index (χ4v) is 5.76. The molecular weight excluding hydrogens is 388 g/mol. The van der Waals surface area contributed by atoms with Crippen molar-refractivity contribution in [3.05, 3.63) is 11.1 Å². The highest BCUT2D eigenvalue weighted by molar-refractivity contribution is 6.00. The molecule has 0 saturated heterocycles. The molecule has 4 aliphatic rings. The van der Waals surface area contributed by atoms with Crippen LogP contribution >= 0.6 is 0 Å². The summed E-state index contributed by atoms with van der Waals surface area (Å²) in [6.45, 7) is 1.80. The Kier molecular flexibility index (Phi) is 6.13. The average Bonchev–Trinajstić information content (AvgIpc) is 3.53. The Morgan fingerprint density at radius 1 is 1.20 bits per heavy atom. The van der Waals surface area contributed by atoms with Gasteiger partial charge in [-0.25, -0.2) is 8.78 Å². The number of carbonyl (C=O) groups is 2. The first-order valence-electron chi connectivity index (χ1n) is 11.4. The van der Waals surface area contributed by atoms with Crippen LogP contribution in [0.4, 0.5) is 8.78 Å². The molecule has 0 spiro atoms. The number of nitrogens with one attached hydrogen (secondary N) is 2. The van der Waals surface area contributed by atoms with Crippen LogP contribution in [0.25, 0.3) is 0 Å². The van der Waals surface area contributed by atoms with Crippen LogP contribution in [0.15, 0.2) is 11.1 Å². The van der Waals surface area contributed by atoms with Crippen LogP contribution < -0.4 is 10.6 Å². The molecule has 1 heterocycles. The smallest absolute Gasteiger partial charge is 0.247 e. The molecule has 1 aliphatic heterocycles. The molecule has 6 unspecified atom stereocenters. The van der Waals surface area contributed by atoms with Crippen molar-refractivity contribution in [2.75, 3.05) is 0 Å². The molecule has 4 rings (SSSR count). The Bertz CT molecular complexity index is 773. The first-order chi connectivity index (χ1) is 14.4. The number of halogens is 2. The van der Waals surface area contributed by atoms with Gasteiger partial charge in [0.05, 0.1) is 12.5 Å². The number of carbonyl (C=O) groups excluding carboxylic acids is 2. The van der Waals surface area contributed by atoms with Gasteiger partial charge in [-0.05, 0) is 64.2 Å². The van der Waals surface area contributed by atoms with Gasteiger partial charge in [-0.1, -0.05) is 5.57 Å². The van der Waals surface area contributed by atoms with Crippen molar-refractivity contribution in [3.63, 3.8) is 0 Å². The molecule has 7 heteroatoms. The van der Waals surface area contributed by atoms with E-state index < -0.39 is 12.3 Å². The van der Waals surface area contributed by atoms with Gasteiger partial charge in [0.2, 0.25) is 11.8 Å². The number of rotatable bonds is 5. The standard InChI is InChI=1S/C23H31F2N3O2/c1-12(16-6-2-13(11-26)8-19(16)25)27-21(29)10-18-22(14-3-4-14)17-9-15(24)5-7-20(17)28-23(18)30/h12-17,19-20H,2-10H2,1H3,(H,27,29)(H,28,30)/t12-,13?,15?,16?,17?,19?,20?/m1/s1. The monoisotopic (exact) mass is 419 g/mol. The molecule has 0 bridgehead atoms. The van der Waals surface area contributed by atoms with E-state index in [0.717, 1.165) is 18.4 Å². The minimum absolute atomic E-state index is 0.00402. The Morgan fingerprint density at radius 3 is 2.63 bits per heavy atom. The van der Waals surface area contributed by atoms with Crippen molar-refractivity contribution in [2.45, 2.75) is 89.1 Å². The summed E-state index contributed by atoms with van der Waals surface area (Å²) in [5.74, 6) is -0.756. The van der Waals surface area contributed by atoms with Crippen LogP contribution in [-0.2, 0) is 9.59 Å². The number of hydrogen-bond acceptors (Lipinski definition) is 3. The predicted molar refractivity (Wildman–Crippen MR) is 107 cm³/mol. The average molecular weight is 420 g/mol. The maximum absolute atomic E-state index is 14.5. The number of amides is 2. The van der Waals surface area contributed by atoms with Crippen LogP contribution in [0.1, 0.15) is 64.7 Å². The normalized spacial score (nSPS) is 37.6.